The second-order valence-corrected chi connectivity index (χ2v) is 3.94. The average molecular weight is 186 g/mol. The summed E-state index contributed by atoms with van der Waals surface area (Å²) >= 11 is 0. The van der Waals surface area contributed by atoms with Crippen LogP contribution in [0.4, 0.5) is 0 Å². The normalized spacial score (nSPS) is 27.5. The Morgan fingerprint density at radius 3 is 2.92 bits per heavy atom. The minimum Gasteiger partial charge on any atom is -0.392 e. The van der Waals surface area contributed by atoms with Crippen LogP contribution in [0.1, 0.15) is 32.6 Å². The van der Waals surface area contributed by atoms with Gasteiger partial charge in [0.2, 0.25) is 0 Å². The standard InChI is InChI=1S/C10H22N2O/c1-2-10(13)8-12-6-4-3-5-9(12)7-11/h9-10,13H,2-8,11H2,1H3. The van der Waals surface area contributed by atoms with Gasteiger partial charge in [0.05, 0.1) is 6.10 Å². The van der Waals surface area contributed by atoms with Gasteiger partial charge in [0.1, 0.15) is 0 Å². The van der Waals surface area contributed by atoms with E-state index in [0.717, 1.165) is 26.1 Å². The molecule has 0 saturated carbocycles. The maximum atomic E-state index is 9.54. The van der Waals surface area contributed by atoms with Gasteiger partial charge in [-0.1, -0.05) is 13.3 Å². The van der Waals surface area contributed by atoms with Crippen LogP contribution in [0.25, 0.3) is 0 Å². The number of nitrogens with two attached hydrogens (primary N) is 1. The Bertz CT molecular complexity index is 141. The van der Waals surface area contributed by atoms with Crippen LogP contribution in [0.2, 0.25) is 0 Å². The fourth-order valence-electron chi connectivity index (χ4n) is 1.97. The van der Waals surface area contributed by atoms with E-state index < -0.39 is 0 Å². The predicted molar refractivity (Wildman–Crippen MR) is 54.6 cm³/mol. The lowest BCUT2D eigenvalue weighted by molar-refractivity contribution is 0.0682. The van der Waals surface area contributed by atoms with Crippen molar-refractivity contribution in [2.45, 2.75) is 44.8 Å². The summed E-state index contributed by atoms with van der Waals surface area (Å²) < 4.78 is 0. The predicted octanol–water partition coefficient (Wildman–Crippen LogP) is 0.571. The fraction of sp³-hybridized carbons (Fsp3) is 1.00. The Morgan fingerprint density at radius 2 is 2.31 bits per heavy atom. The Labute approximate surface area is 80.9 Å². The molecule has 1 aliphatic heterocycles. The highest BCUT2D eigenvalue weighted by Gasteiger charge is 2.22. The maximum absolute atomic E-state index is 9.54. The second-order valence-electron chi connectivity index (χ2n) is 3.94. The van der Waals surface area contributed by atoms with E-state index in [1.807, 2.05) is 6.92 Å². The first-order valence-electron chi connectivity index (χ1n) is 5.40. The third-order valence-corrected chi connectivity index (χ3v) is 2.94. The van der Waals surface area contributed by atoms with E-state index in [1.165, 1.54) is 19.3 Å². The van der Waals surface area contributed by atoms with Crippen LogP contribution in [-0.2, 0) is 0 Å². The van der Waals surface area contributed by atoms with Gasteiger partial charge >= 0.3 is 0 Å². The highest BCUT2D eigenvalue weighted by Crippen LogP contribution is 2.16. The summed E-state index contributed by atoms with van der Waals surface area (Å²) in [6.45, 7) is 4.67. The Kier molecular flexibility index (Phi) is 4.70. The molecule has 0 amide bonds. The summed E-state index contributed by atoms with van der Waals surface area (Å²) in [6.07, 6.45) is 4.42. The number of piperidine rings is 1. The van der Waals surface area contributed by atoms with E-state index in [2.05, 4.69) is 4.90 Å². The van der Waals surface area contributed by atoms with Crippen molar-refractivity contribution in [1.82, 2.24) is 4.90 Å². The molecule has 3 N–H and O–H groups in total. The van der Waals surface area contributed by atoms with E-state index in [9.17, 15) is 5.11 Å². The van der Waals surface area contributed by atoms with Crippen LogP contribution < -0.4 is 5.73 Å². The average Bonchev–Trinajstić information content (AvgIpc) is 2.18. The SMILES string of the molecule is CCC(O)CN1CCCCC1CN. The van der Waals surface area contributed by atoms with Crippen LogP contribution >= 0.6 is 0 Å². The molecule has 2 unspecified atom stereocenters. The van der Waals surface area contributed by atoms with Crippen LogP contribution in [0.5, 0.6) is 0 Å². The van der Waals surface area contributed by atoms with Gasteiger partial charge in [-0.3, -0.25) is 4.90 Å². The lowest BCUT2D eigenvalue weighted by Gasteiger charge is -2.36. The molecule has 1 saturated heterocycles. The molecule has 1 rings (SSSR count). The molecule has 0 aliphatic carbocycles. The zero-order valence-electron chi connectivity index (χ0n) is 8.58. The first-order chi connectivity index (χ1) is 6.27. The molecule has 0 radical (unpaired) electrons. The highest BCUT2D eigenvalue weighted by molar-refractivity contribution is 4.78. The summed E-state index contributed by atoms with van der Waals surface area (Å²) in [5, 5.41) is 9.54. The molecule has 2 atom stereocenters. The van der Waals surface area contributed by atoms with Gasteiger partial charge in [-0.05, 0) is 25.8 Å². The number of hydrogen-bond donors (Lipinski definition) is 2. The van der Waals surface area contributed by atoms with Gasteiger partial charge in [-0.25, -0.2) is 0 Å². The molecule has 13 heavy (non-hydrogen) atoms. The monoisotopic (exact) mass is 186 g/mol. The van der Waals surface area contributed by atoms with Gasteiger partial charge in [0.25, 0.3) is 0 Å². The Balaban J connectivity index is 2.35. The van der Waals surface area contributed by atoms with Gasteiger partial charge < -0.3 is 10.8 Å². The van der Waals surface area contributed by atoms with E-state index in [4.69, 9.17) is 5.73 Å². The second kappa shape index (κ2) is 5.58. The van der Waals surface area contributed by atoms with Crippen LogP contribution in [0.3, 0.4) is 0 Å². The van der Waals surface area contributed by atoms with E-state index in [1.54, 1.807) is 0 Å². The number of β-amino-alcohol motifs (C(OH)–C–C–N with tert-alkyl or cyclic N) is 1. The van der Waals surface area contributed by atoms with Crippen molar-refractivity contribution < 1.29 is 5.11 Å². The molecular weight excluding hydrogens is 164 g/mol. The van der Waals surface area contributed by atoms with Crippen molar-refractivity contribution in [2.24, 2.45) is 5.73 Å². The fourth-order valence-corrected chi connectivity index (χ4v) is 1.97. The summed E-state index contributed by atoms with van der Waals surface area (Å²) in [5.41, 5.74) is 5.69. The van der Waals surface area contributed by atoms with Crippen molar-refractivity contribution in [3.63, 3.8) is 0 Å². The lowest BCUT2D eigenvalue weighted by atomic mass is 10.0. The van der Waals surface area contributed by atoms with Crippen molar-refractivity contribution in [1.29, 1.82) is 0 Å². The summed E-state index contributed by atoms with van der Waals surface area (Å²) in [4.78, 5) is 2.34. The van der Waals surface area contributed by atoms with E-state index in [0.29, 0.717) is 6.04 Å². The number of aliphatic hydroxyl groups is 1. The maximum Gasteiger partial charge on any atom is 0.0664 e. The van der Waals surface area contributed by atoms with Gasteiger partial charge in [-0.15, -0.1) is 0 Å². The lowest BCUT2D eigenvalue weighted by Crippen LogP contribution is -2.47. The Morgan fingerprint density at radius 1 is 1.54 bits per heavy atom. The molecule has 1 heterocycles. The third-order valence-electron chi connectivity index (χ3n) is 2.94. The smallest absolute Gasteiger partial charge is 0.0664 e. The van der Waals surface area contributed by atoms with Gasteiger partial charge in [0, 0.05) is 19.1 Å². The van der Waals surface area contributed by atoms with Gasteiger partial charge in [0.15, 0.2) is 0 Å². The largest absolute Gasteiger partial charge is 0.392 e. The minimum absolute atomic E-state index is 0.174. The van der Waals surface area contributed by atoms with Crippen LogP contribution in [-0.4, -0.2) is 41.8 Å². The zero-order chi connectivity index (χ0) is 9.68. The number of aliphatic hydroxyl groups excluding tert-OH is 1. The molecule has 0 aromatic carbocycles. The van der Waals surface area contributed by atoms with Gasteiger partial charge in [-0.2, -0.15) is 0 Å². The van der Waals surface area contributed by atoms with Crippen molar-refractivity contribution in [2.75, 3.05) is 19.6 Å². The topological polar surface area (TPSA) is 49.5 Å². The van der Waals surface area contributed by atoms with E-state index >= 15 is 0 Å². The molecule has 1 fully saturated rings. The van der Waals surface area contributed by atoms with Crippen molar-refractivity contribution in [3.8, 4) is 0 Å². The van der Waals surface area contributed by atoms with Crippen LogP contribution in [0, 0.1) is 0 Å². The summed E-state index contributed by atoms with van der Waals surface area (Å²) in [6, 6.07) is 0.509. The quantitative estimate of drug-likeness (QED) is 0.675. The third kappa shape index (κ3) is 3.25. The van der Waals surface area contributed by atoms with E-state index in [-0.39, 0.29) is 6.10 Å². The van der Waals surface area contributed by atoms with Crippen LogP contribution in [0.15, 0.2) is 0 Å². The molecule has 0 aromatic heterocycles. The number of hydrogen-bond acceptors (Lipinski definition) is 3. The highest BCUT2D eigenvalue weighted by atomic mass is 16.3. The number of nitrogens with zero attached hydrogens (tertiary/aromatic N) is 1. The summed E-state index contributed by atoms with van der Waals surface area (Å²) in [7, 11) is 0. The minimum atomic E-state index is -0.174. The molecule has 0 aromatic rings. The molecule has 3 heteroatoms. The molecule has 0 spiro atoms. The molecular formula is C10H22N2O. The zero-order valence-corrected chi connectivity index (χ0v) is 8.58. The molecule has 78 valence electrons. The first kappa shape index (κ1) is 11.0. The number of likely N-dealkylation sites (tertiary alicyclic amines) is 1. The summed E-state index contributed by atoms with van der Waals surface area (Å²) in [5.74, 6) is 0. The molecule has 1 aliphatic rings. The van der Waals surface area contributed by atoms with Crippen molar-refractivity contribution >= 4 is 0 Å². The van der Waals surface area contributed by atoms with Crippen molar-refractivity contribution in [3.05, 3.63) is 0 Å². The molecule has 0 bridgehead atoms. The molecule has 3 nitrogen and oxygen atoms in total. The number of rotatable bonds is 4. The first-order valence-corrected chi connectivity index (χ1v) is 5.40. The Hall–Kier alpha value is -0.120.